The van der Waals surface area contributed by atoms with Crippen LogP contribution in [0.1, 0.15) is 15.9 Å². The first kappa shape index (κ1) is 11.0. The van der Waals surface area contributed by atoms with Crippen LogP contribution in [0.5, 0.6) is 0 Å². The molecule has 0 aromatic heterocycles. The molecule has 0 aliphatic carbocycles. The van der Waals surface area contributed by atoms with E-state index in [0.717, 1.165) is 6.07 Å². The van der Waals surface area contributed by atoms with Gasteiger partial charge in [0.2, 0.25) is 0 Å². The molecule has 0 radical (unpaired) electrons. The maximum absolute atomic E-state index is 13.3. The Balaban J connectivity index is 3.44. The average molecular weight is 262 g/mol. The lowest BCUT2D eigenvalue weighted by Crippen LogP contribution is -2.09. The highest BCUT2D eigenvalue weighted by Crippen LogP contribution is 2.28. The second kappa shape index (κ2) is 3.96. The van der Waals surface area contributed by atoms with E-state index in [0.29, 0.717) is 15.7 Å². The summed E-state index contributed by atoms with van der Waals surface area (Å²) in [6.07, 6.45) is 0. The van der Waals surface area contributed by atoms with Gasteiger partial charge < -0.3 is 10.5 Å². The van der Waals surface area contributed by atoms with Crippen molar-refractivity contribution in [3.05, 3.63) is 27.5 Å². The van der Waals surface area contributed by atoms with Crippen LogP contribution in [0.15, 0.2) is 10.5 Å². The Morgan fingerprint density at radius 2 is 2.21 bits per heavy atom. The van der Waals surface area contributed by atoms with E-state index >= 15 is 0 Å². The van der Waals surface area contributed by atoms with Crippen molar-refractivity contribution < 1.29 is 13.9 Å². The van der Waals surface area contributed by atoms with E-state index in [1.165, 1.54) is 7.11 Å². The Morgan fingerprint density at radius 1 is 1.64 bits per heavy atom. The van der Waals surface area contributed by atoms with Gasteiger partial charge in [-0.05, 0) is 34.5 Å². The molecule has 1 rings (SSSR count). The minimum absolute atomic E-state index is 0.117. The van der Waals surface area contributed by atoms with Gasteiger partial charge in [-0.25, -0.2) is 9.18 Å². The van der Waals surface area contributed by atoms with Gasteiger partial charge in [-0.3, -0.25) is 0 Å². The van der Waals surface area contributed by atoms with Gasteiger partial charge >= 0.3 is 5.97 Å². The molecule has 0 bridgehead atoms. The molecule has 0 amide bonds. The van der Waals surface area contributed by atoms with Crippen LogP contribution in [0.3, 0.4) is 0 Å². The first-order valence-electron chi connectivity index (χ1n) is 3.81. The predicted molar refractivity (Wildman–Crippen MR) is 54.6 cm³/mol. The van der Waals surface area contributed by atoms with Gasteiger partial charge in [0.1, 0.15) is 11.4 Å². The number of nitrogen functional groups attached to an aromatic ring is 1. The molecule has 0 saturated heterocycles. The van der Waals surface area contributed by atoms with E-state index in [2.05, 4.69) is 20.7 Å². The summed E-state index contributed by atoms with van der Waals surface area (Å²) < 4.78 is 18.2. The second-order valence-electron chi connectivity index (χ2n) is 2.75. The monoisotopic (exact) mass is 261 g/mol. The van der Waals surface area contributed by atoms with E-state index in [1.807, 2.05) is 0 Å². The molecule has 1 aromatic rings. The fraction of sp³-hybridized carbons (Fsp3) is 0.222. The summed E-state index contributed by atoms with van der Waals surface area (Å²) in [5.41, 5.74) is 6.22. The van der Waals surface area contributed by atoms with Crippen molar-refractivity contribution in [1.82, 2.24) is 0 Å². The number of carbonyl (C=O) groups excluding carboxylic acids is 1. The van der Waals surface area contributed by atoms with Gasteiger partial charge in [-0.15, -0.1) is 0 Å². The summed E-state index contributed by atoms with van der Waals surface area (Å²) in [6, 6.07) is 1.15. The van der Waals surface area contributed by atoms with Crippen molar-refractivity contribution >= 4 is 27.6 Å². The number of hydrogen-bond acceptors (Lipinski definition) is 3. The minimum atomic E-state index is -0.723. The quantitative estimate of drug-likeness (QED) is 0.623. The van der Waals surface area contributed by atoms with Crippen LogP contribution in [-0.4, -0.2) is 13.1 Å². The number of esters is 1. The number of halogens is 2. The Bertz CT molecular complexity index is 393. The van der Waals surface area contributed by atoms with Gasteiger partial charge in [0.15, 0.2) is 0 Å². The molecule has 0 spiro atoms. The molecule has 5 heteroatoms. The topological polar surface area (TPSA) is 52.3 Å². The van der Waals surface area contributed by atoms with Gasteiger partial charge in [-0.1, -0.05) is 0 Å². The number of anilines is 1. The fourth-order valence-electron chi connectivity index (χ4n) is 1.11. The number of methoxy groups -OCH3 is 1. The molecule has 2 N–H and O–H groups in total. The zero-order chi connectivity index (χ0) is 10.9. The highest BCUT2D eigenvalue weighted by molar-refractivity contribution is 9.10. The smallest absolute Gasteiger partial charge is 0.341 e. The number of carbonyl (C=O) groups is 1. The average Bonchev–Trinajstić information content (AvgIpc) is 2.14. The molecular weight excluding hydrogens is 253 g/mol. The van der Waals surface area contributed by atoms with Crippen molar-refractivity contribution in [1.29, 1.82) is 0 Å². The summed E-state index contributed by atoms with van der Waals surface area (Å²) in [4.78, 5) is 11.2. The Morgan fingerprint density at radius 3 is 2.71 bits per heavy atom. The molecule has 0 heterocycles. The van der Waals surface area contributed by atoms with Crippen LogP contribution in [-0.2, 0) is 4.74 Å². The number of rotatable bonds is 1. The third-order valence-electron chi connectivity index (χ3n) is 1.92. The third-order valence-corrected chi connectivity index (χ3v) is 2.57. The fourth-order valence-corrected chi connectivity index (χ4v) is 1.61. The van der Waals surface area contributed by atoms with Crippen LogP contribution in [0.25, 0.3) is 0 Å². The van der Waals surface area contributed by atoms with E-state index in [4.69, 9.17) is 5.73 Å². The first-order valence-corrected chi connectivity index (χ1v) is 4.60. The summed E-state index contributed by atoms with van der Waals surface area (Å²) in [7, 11) is 1.19. The largest absolute Gasteiger partial charge is 0.465 e. The lowest BCUT2D eigenvalue weighted by molar-refractivity contribution is 0.0594. The van der Waals surface area contributed by atoms with Crippen LogP contribution in [0, 0.1) is 12.7 Å². The van der Waals surface area contributed by atoms with Gasteiger partial charge in [-0.2, -0.15) is 0 Å². The number of nitrogens with two attached hydrogens (primary N) is 1. The van der Waals surface area contributed by atoms with Crippen LogP contribution >= 0.6 is 15.9 Å². The standard InChI is InChI=1S/C9H9BrFNO2/c1-4-7(9(13)14-2)6(11)3-5(10)8(4)12/h3H,12H2,1-2H3. The van der Waals surface area contributed by atoms with Crippen molar-refractivity contribution in [3.63, 3.8) is 0 Å². The van der Waals surface area contributed by atoms with Crippen molar-refractivity contribution in [2.75, 3.05) is 12.8 Å². The normalized spacial score (nSPS) is 10.0. The lowest BCUT2D eigenvalue weighted by atomic mass is 10.1. The lowest BCUT2D eigenvalue weighted by Gasteiger charge is -2.09. The molecule has 3 nitrogen and oxygen atoms in total. The summed E-state index contributed by atoms with van der Waals surface area (Å²) in [5.74, 6) is -1.37. The third kappa shape index (κ3) is 1.72. The molecule has 14 heavy (non-hydrogen) atoms. The van der Waals surface area contributed by atoms with Crippen molar-refractivity contribution in [2.45, 2.75) is 6.92 Å². The second-order valence-corrected chi connectivity index (χ2v) is 3.60. The maximum atomic E-state index is 13.3. The van der Waals surface area contributed by atoms with Crippen LogP contribution in [0.4, 0.5) is 10.1 Å². The van der Waals surface area contributed by atoms with E-state index in [1.54, 1.807) is 6.92 Å². The van der Waals surface area contributed by atoms with E-state index in [-0.39, 0.29) is 5.56 Å². The molecule has 1 aromatic carbocycles. The van der Waals surface area contributed by atoms with Crippen LogP contribution in [0.2, 0.25) is 0 Å². The zero-order valence-corrected chi connectivity index (χ0v) is 9.31. The summed E-state index contributed by atoms with van der Waals surface area (Å²) in [6.45, 7) is 1.56. The Kier molecular flexibility index (Phi) is 3.10. The molecule has 0 unspecified atom stereocenters. The van der Waals surface area contributed by atoms with Gasteiger partial charge in [0.25, 0.3) is 0 Å². The summed E-state index contributed by atoms with van der Waals surface area (Å²) >= 11 is 3.08. The highest BCUT2D eigenvalue weighted by atomic mass is 79.9. The number of hydrogen-bond donors (Lipinski definition) is 1. The molecule has 0 atom stereocenters. The number of benzene rings is 1. The van der Waals surface area contributed by atoms with E-state index in [9.17, 15) is 9.18 Å². The highest BCUT2D eigenvalue weighted by Gasteiger charge is 2.18. The maximum Gasteiger partial charge on any atom is 0.341 e. The minimum Gasteiger partial charge on any atom is -0.465 e. The predicted octanol–water partition coefficient (Wildman–Crippen LogP) is 2.27. The van der Waals surface area contributed by atoms with Crippen molar-refractivity contribution in [2.24, 2.45) is 0 Å². The molecule has 76 valence electrons. The zero-order valence-electron chi connectivity index (χ0n) is 7.73. The molecule has 0 fully saturated rings. The van der Waals surface area contributed by atoms with Crippen LogP contribution < -0.4 is 5.73 Å². The number of ether oxygens (including phenoxy) is 1. The molecule has 0 aliphatic heterocycles. The summed E-state index contributed by atoms with van der Waals surface area (Å²) in [5, 5.41) is 0. The Hall–Kier alpha value is -1.10. The SMILES string of the molecule is COC(=O)c1c(F)cc(Br)c(N)c1C. The molecular formula is C9H9BrFNO2. The van der Waals surface area contributed by atoms with Gasteiger partial charge in [0.05, 0.1) is 7.11 Å². The van der Waals surface area contributed by atoms with Gasteiger partial charge in [0, 0.05) is 10.2 Å². The molecule has 0 saturated carbocycles. The molecule has 0 aliphatic rings. The Labute approximate surface area is 89.2 Å². The van der Waals surface area contributed by atoms with Crippen molar-refractivity contribution in [3.8, 4) is 0 Å². The first-order chi connectivity index (χ1) is 6.49. The van der Waals surface area contributed by atoms with E-state index < -0.39 is 11.8 Å².